The maximum Gasteiger partial charge on any atom is 0.322 e. The predicted octanol–water partition coefficient (Wildman–Crippen LogP) is 1.58. The zero-order valence-electron chi connectivity index (χ0n) is 18.8. The molecule has 0 saturated carbocycles. The van der Waals surface area contributed by atoms with Crippen LogP contribution >= 0.6 is 0 Å². The van der Waals surface area contributed by atoms with Crippen LogP contribution in [-0.4, -0.2) is 56.2 Å². The highest BCUT2D eigenvalue weighted by Gasteiger charge is 2.20. The summed E-state index contributed by atoms with van der Waals surface area (Å²) in [5.41, 5.74) is 12.1. The minimum absolute atomic E-state index is 0.126. The number of amides is 2. The molecule has 174 valence electrons. The second kappa shape index (κ2) is 18.4. The molecule has 0 aromatic carbocycles. The Hall–Kier alpha value is -1.37. The quantitative estimate of drug-likeness (QED) is 0.356. The molecule has 8 nitrogen and oxygen atoms in total. The molecule has 2 atom stereocenters. The van der Waals surface area contributed by atoms with Crippen molar-refractivity contribution < 1.29 is 4.79 Å². The number of carbonyl (C=O) groups is 1. The van der Waals surface area contributed by atoms with Gasteiger partial charge in [0.25, 0.3) is 0 Å². The van der Waals surface area contributed by atoms with Gasteiger partial charge < -0.3 is 10.6 Å². The lowest BCUT2D eigenvalue weighted by Gasteiger charge is -2.29. The number of hydrogen-bond donors (Lipinski definition) is 6. The molecule has 0 aromatic rings. The third kappa shape index (κ3) is 13.8. The molecule has 1 fully saturated rings. The van der Waals surface area contributed by atoms with Gasteiger partial charge in [0.1, 0.15) is 12.6 Å². The van der Waals surface area contributed by atoms with Crippen molar-refractivity contribution in [3.63, 3.8) is 0 Å². The average Bonchev–Trinajstić information content (AvgIpc) is 2.72. The third-order valence-electron chi connectivity index (χ3n) is 5.42. The van der Waals surface area contributed by atoms with E-state index in [1.165, 1.54) is 62.7 Å². The molecule has 0 aromatic heterocycles. The zero-order valence-corrected chi connectivity index (χ0v) is 18.8. The van der Waals surface area contributed by atoms with Gasteiger partial charge in [-0.3, -0.25) is 27.0 Å². The molecule has 0 radical (unpaired) electrons. The smallest absolute Gasteiger partial charge is 0.317 e. The van der Waals surface area contributed by atoms with Crippen molar-refractivity contribution in [3.8, 4) is 12.3 Å². The summed E-state index contributed by atoms with van der Waals surface area (Å²) in [6.45, 7) is 3.92. The van der Waals surface area contributed by atoms with Crippen molar-refractivity contribution in [2.75, 3.05) is 32.7 Å². The van der Waals surface area contributed by atoms with Crippen molar-refractivity contribution >= 4 is 6.03 Å². The van der Waals surface area contributed by atoms with E-state index >= 15 is 0 Å². The number of carbonyl (C=O) groups excluding carboxylic acids is 1. The summed E-state index contributed by atoms with van der Waals surface area (Å²) in [6, 6.07) is -0.365. The molecule has 30 heavy (non-hydrogen) atoms. The van der Waals surface area contributed by atoms with Gasteiger partial charge in [0.2, 0.25) is 0 Å². The van der Waals surface area contributed by atoms with Gasteiger partial charge in [0.05, 0.1) is 6.54 Å². The molecule has 8 N–H and O–H groups in total. The highest BCUT2D eigenvalue weighted by molar-refractivity contribution is 5.75. The topological polar surface area (TPSA) is 120 Å². The lowest BCUT2D eigenvalue weighted by molar-refractivity contribution is 0.166. The summed E-state index contributed by atoms with van der Waals surface area (Å²) in [5.74, 6) is 2.49. The maximum absolute atomic E-state index is 12.5. The lowest BCUT2D eigenvalue weighted by atomic mass is 10.1. The minimum atomic E-state index is -0.634. The predicted molar refractivity (Wildman–Crippen MR) is 124 cm³/mol. The molecule has 0 bridgehead atoms. The standard InChI is InChI=1S/C22H45N7O/c1-2-19-29-21(24)27-18-14-10-6-4-8-12-16-25-15-11-7-3-5-9-13-17-26-20(23)28-22(29)30/h1,20-21,25-27H,3-19,23-24H2,(H,28,30). The molecule has 0 spiro atoms. The van der Waals surface area contributed by atoms with E-state index in [4.69, 9.17) is 17.9 Å². The van der Waals surface area contributed by atoms with E-state index in [9.17, 15) is 4.79 Å². The van der Waals surface area contributed by atoms with Crippen LogP contribution in [0.5, 0.6) is 0 Å². The molecule has 8 heteroatoms. The fourth-order valence-corrected chi connectivity index (χ4v) is 3.57. The highest BCUT2D eigenvalue weighted by Crippen LogP contribution is 2.06. The SMILES string of the molecule is C#CCN1C(=O)NC(N)NCCCCCCCCNCCCCCCCCNC1N. The highest BCUT2D eigenvalue weighted by atomic mass is 16.2. The summed E-state index contributed by atoms with van der Waals surface area (Å²) in [4.78, 5) is 13.9. The van der Waals surface area contributed by atoms with E-state index in [2.05, 4.69) is 27.2 Å². The summed E-state index contributed by atoms with van der Waals surface area (Å²) in [7, 11) is 0. The van der Waals surface area contributed by atoms with E-state index in [-0.39, 0.29) is 12.6 Å². The van der Waals surface area contributed by atoms with Crippen LogP contribution < -0.4 is 32.7 Å². The molecule has 1 rings (SSSR count). The number of rotatable bonds is 1. The van der Waals surface area contributed by atoms with Crippen molar-refractivity contribution in [3.05, 3.63) is 0 Å². The van der Waals surface area contributed by atoms with Crippen LogP contribution in [0.25, 0.3) is 0 Å². The Balaban J connectivity index is 2.44. The fourth-order valence-electron chi connectivity index (χ4n) is 3.57. The van der Waals surface area contributed by atoms with Gasteiger partial charge in [-0.1, -0.05) is 57.3 Å². The Morgan fingerprint density at radius 2 is 1.27 bits per heavy atom. The molecule has 1 heterocycles. The Morgan fingerprint density at radius 1 is 0.800 bits per heavy atom. The van der Waals surface area contributed by atoms with Gasteiger partial charge >= 0.3 is 6.03 Å². The van der Waals surface area contributed by atoms with Crippen molar-refractivity contribution in [2.45, 2.75) is 89.6 Å². The van der Waals surface area contributed by atoms with E-state index in [0.717, 1.165) is 45.4 Å². The summed E-state index contributed by atoms with van der Waals surface area (Å²) < 4.78 is 0. The second-order valence-electron chi connectivity index (χ2n) is 8.10. The largest absolute Gasteiger partial charge is 0.322 e. The summed E-state index contributed by atoms with van der Waals surface area (Å²) >= 11 is 0. The summed E-state index contributed by atoms with van der Waals surface area (Å²) in [6.07, 6.45) is 18.6. The third-order valence-corrected chi connectivity index (χ3v) is 5.42. The van der Waals surface area contributed by atoms with E-state index in [1.807, 2.05) is 0 Å². The first-order chi connectivity index (χ1) is 14.6. The minimum Gasteiger partial charge on any atom is -0.317 e. The van der Waals surface area contributed by atoms with Crippen molar-refractivity contribution in [1.82, 2.24) is 26.2 Å². The first-order valence-electron chi connectivity index (χ1n) is 11.8. The van der Waals surface area contributed by atoms with Gasteiger partial charge in [0.15, 0.2) is 0 Å². The number of terminal acetylenes is 1. The van der Waals surface area contributed by atoms with E-state index in [0.29, 0.717) is 0 Å². The van der Waals surface area contributed by atoms with E-state index < -0.39 is 12.6 Å². The van der Waals surface area contributed by atoms with Gasteiger partial charge in [-0.05, 0) is 51.9 Å². The first-order valence-corrected chi connectivity index (χ1v) is 11.8. The normalized spacial score (nSPS) is 26.2. The summed E-state index contributed by atoms with van der Waals surface area (Å²) in [5, 5.41) is 12.6. The molecule has 1 aliphatic rings. The number of hydrogen-bond acceptors (Lipinski definition) is 6. The Labute approximate surface area is 183 Å². The number of nitrogens with zero attached hydrogens (tertiary/aromatic N) is 1. The number of nitrogens with one attached hydrogen (secondary N) is 4. The zero-order chi connectivity index (χ0) is 21.9. The van der Waals surface area contributed by atoms with Crippen LogP contribution in [-0.2, 0) is 0 Å². The molecule has 2 unspecified atom stereocenters. The molecule has 2 amide bonds. The molecular weight excluding hydrogens is 378 g/mol. The molecule has 1 saturated heterocycles. The van der Waals surface area contributed by atoms with E-state index in [1.54, 1.807) is 0 Å². The van der Waals surface area contributed by atoms with Crippen LogP contribution in [0.2, 0.25) is 0 Å². The fraction of sp³-hybridized carbons (Fsp3) is 0.864. The average molecular weight is 424 g/mol. The van der Waals surface area contributed by atoms with Crippen molar-refractivity contribution in [2.24, 2.45) is 11.5 Å². The van der Waals surface area contributed by atoms with Crippen LogP contribution in [0.4, 0.5) is 4.79 Å². The Morgan fingerprint density at radius 3 is 1.80 bits per heavy atom. The maximum atomic E-state index is 12.5. The molecular formula is C22H45N7O. The van der Waals surface area contributed by atoms with Gasteiger partial charge in [-0.2, -0.15) is 0 Å². The van der Waals surface area contributed by atoms with Gasteiger partial charge in [0, 0.05) is 0 Å². The van der Waals surface area contributed by atoms with Crippen LogP contribution in [0.3, 0.4) is 0 Å². The van der Waals surface area contributed by atoms with Crippen LogP contribution in [0, 0.1) is 12.3 Å². The molecule has 1 aliphatic heterocycles. The Bertz CT molecular complexity index is 469. The monoisotopic (exact) mass is 423 g/mol. The first kappa shape index (κ1) is 26.7. The van der Waals surface area contributed by atoms with Gasteiger partial charge in [-0.25, -0.2) is 4.79 Å². The lowest BCUT2D eigenvalue weighted by Crippen LogP contribution is -2.62. The van der Waals surface area contributed by atoms with Crippen LogP contribution in [0.1, 0.15) is 77.0 Å². The Kier molecular flexibility index (Phi) is 16.4. The molecule has 0 aliphatic carbocycles. The number of nitrogens with two attached hydrogens (primary N) is 2. The van der Waals surface area contributed by atoms with Crippen LogP contribution in [0.15, 0.2) is 0 Å². The number of urea groups is 1. The van der Waals surface area contributed by atoms with Crippen molar-refractivity contribution in [1.29, 1.82) is 0 Å². The van der Waals surface area contributed by atoms with Gasteiger partial charge in [-0.15, -0.1) is 6.42 Å². The second-order valence-corrected chi connectivity index (χ2v) is 8.10.